The number of carbonyl (C=O) groups is 1. The third-order valence-electron chi connectivity index (χ3n) is 10.0. The van der Waals surface area contributed by atoms with Crippen LogP contribution in [0.25, 0.3) is 34.1 Å². The fourth-order valence-corrected chi connectivity index (χ4v) is 7.23. The Morgan fingerprint density at radius 1 is 1.00 bits per heavy atom. The van der Waals surface area contributed by atoms with Crippen LogP contribution in [0.15, 0.2) is 104 Å². The first-order chi connectivity index (χ1) is 27.5. The van der Waals surface area contributed by atoms with Crippen molar-refractivity contribution in [1.29, 1.82) is 5.26 Å². The van der Waals surface area contributed by atoms with Crippen LogP contribution in [-0.4, -0.2) is 55.5 Å². The number of nitriles is 1. The van der Waals surface area contributed by atoms with E-state index in [1.54, 1.807) is 66.8 Å². The van der Waals surface area contributed by atoms with Crippen molar-refractivity contribution in [3.63, 3.8) is 0 Å². The van der Waals surface area contributed by atoms with Gasteiger partial charge in [-0.15, -0.1) is 0 Å². The second-order valence-corrected chi connectivity index (χ2v) is 13.4. The van der Waals surface area contributed by atoms with Gasteiger partial charge in [0.15, 0.2) is 23.6 Å². The largest absolute Gasteiger partial charge is 0.497 e. The first-order valence-electron chi connectivity index (χ1n) is 18.1. The van der Waals surface area contributed by atoms with Gasteiger partial charge in [-0.1, -0.05) is 18.2 Å². The summed E-state index contributed by atoms with van der Waals surface area (Å²) in [6.45, 7) is 1.23. The summed E-state index contributed by atoms with van der Waals surface area (Å²) in [5.74, 6) is 2.39. The van der Waals surface area contributed by atoms with E-state index in [0.717, 1.165) is 34.5 Å². The number of hydrogen-bond donors (Lipinski definition) is 2. The molecule has 14 heteroatoms. The smallest absolute Gasteiger partial charge is 0.251 e. The number of nitrogens with zero attached hydrogens (tertiary/aromatic N) is 7. The van der Waals surface area contributed by atoms with Gasteiger partial charge in [0.25, 0.3) is 5.91 Å². The Bertz CT molecular complexity index is 2630. The maximum Gasteiger partial charge on any atom is 0.251 e. The number of hydrogen-bond acceptors (Lipinski definition) is 11. The minimum atomic E-state index is -0.639. The normalized spacial score (nSPS) is 15.1. The van der Waals surface area contributed by atoms with Crippen LogP contribution in [0.4, 0.5) is 5.82 Å². The molecule has 0 unspecified atom stereocenters. The summed E-state index contributed by atoms with van der Waals surface area (Å²) >= 11 is 0. The Balaban J connectivity index is 1.02. The molecule has 5 heterocycles. The second-order valence-electron chi connectivity index (χ2n) is 13.4. The van der Waals surface area contributed by atoms with E-state index in [0.29, 0.717) is 82.9 Å². The number of methoxy groups -OCH3 is 1. The van der Waals surface area contributed by atoms with Gasteiger partial charge in [-0.25, -0.2) is 19.6 Å². The molecule has 1 saturated heterocycles. The highest BCUT2D eigenvalue weighted by atomic mass is 16.7. The number of imidazole rings is 1. The minimum absolute atomic E-state index is 0.220. The van der Waals surface area contributed by atoms with Gasteiger partial charge in [0, 0.05) is 35.9 Å². The number of amides is 1. The van der Waals surface area contributed by atoms with E-state index in [1.807, 2.05) is 47.0 Å². The Labute approximate surface area is 321 Å². The molecule has 1 atom stereocenters. The van der Waals surface area contributed by atoms with Gasteiger partial charge in [0.2, 0.25) is 0 Å². The SMILES string of the molecule is COc1ccc(COc2ccc(C(=O)N[C@H]3CCc4cc(-n5c(-c6cccnc6N)nc6c(C#N)cc(-n7cccn7)nc65)ccc43)cc2C2OCCO2)cc1. The molecule has 1 fully saturated rings. The molecule has 14 nitrogen and oxygen atoms in total. The van der Waals surface area contributed by atoms with Crippen molar-refractivity contribution < 1.29 is 23.7 Å². The number of anilines is 1. The monoisotopic (exact) mass is 745 g/mol. The number of aromatic nitrogens is 6. The van der Waals surface area contributed by atoms with Crippen LogP contribution >= 0.6 is 0 Å². The molecule has 278 valence electrons. The molecule has 3 aromatic carbocycles. The van der Waals surface area contributed by atoms with E-state index in [1.165, 1.54) is 0 Å². The highest BCUT2D eigenvalue weighted by Crippen LogP contribution is 2.38. The number of rotatable bonds is 10. The van der Waals surface area contributed by atoms with Gasteiger partial charge in [-0.2, -0.15) is 10.4 Å². The summed E-state index contributed by atoms with van der Waals surface area (Å²) in [4.78, 5) is 28.0. The molecule has 4 aromatic heterocycles. The van der Waals surface area contributed by atoms with E-state index >= 15 is 0 Å². The van der Waals surface area contributed by atoms with Gasteiger partial charge >= 0.3 is 0 Å². The van der Waals surface area contributed by atoms with E-state index < -0.39 is 6.29 Å². The van der Waals surface area contributed by atoms with Gasteiger partial charge in [-0.05, 0) is 90.2 Å². The summed E-state index contributed by atoms with van der Waals surface area (Å²) in [5, 5.41) is 17.8. The van der Waals surface area contributed by atoms with Crippen LogP contribution in [0.1, 0.15) is 56.9 Å². The summed E-state index contributed by atoms with van der Waals surface area (Å²) in [7, 11) is 1.63. The summed E-state index contributed by atoms with van der Waals surface area (Å²) in [6, 6.07) is 28.2. The molecule has 1 aliphatic carbocycles. The molecule has 1 aliphatic heterocycles. The van der Waals surface area contributed by atoms with Crippen molar-refractivity contribution in [2.75, 3.05) is 26.1 Å². The topological polar surface area (TPSA) is 177 Å². The third-order valence-corrected chi connectivity index (χ3v) is 10.0. The average molecular weight is 746 g/mol. The summed E-state index contributed by atoms with van der Waals surface area (Å²) in [5.41, 5.74) is 13.2. The molecule has 7 aromatic rings. The Morgan fingerprint density at radius 2 is 1.86 bits per heavy atom. The molecular formula is C42H35N9O5. The number of nitrogens with two attached hydrogens (primary N) is 1. The van der Waals surface area contributed by atoms with Crippen molar-refractivity contribution in [1.82, 2.24) is 34.6 Å². The van der Waals surface area contributed by atoms with Crippen LogP contribution in [0.5, 0.6) is 11.5 Å². The summed E-state index contributed by atoms with van der Waals surface area (Å²) in [6.07, 6.45) is 5.84. The van der Waals surface area contributed by atoms with Crippen molar-refractivity contribution in [3.05, 3.63) is 137 Å². The van der Waals surface area contributed by atoms with E-state index in [-0.39, 0.29) is 11.9 Å². The molecule has 9 rings (SSSR count). The van der Waals surface area contributed by atoms with E-state index in [9.17, 15) is 10.1 Å². The number of fused-ring (bicyclic) bond motifs is 2. The minimum Gasteiger partial charge on any atom is -0.497 e. The second kappa shape index (κ2) is 14.6. The van der Waals surface area contributed by atoms with Gasteiger partial charge in [0.05, 0.1) is 43.1 Å². The lowest BCUT2D eigenvalue weighted by Gasteiger charge is -2.19. The highest BCUT2D eigenvalue weighted by Gasteiger charge is 2.29. The van der Waals surface area contributed by atoms with Crippen LogP contribution in [0.3, 0.4) is 0 Å². The fraction of sp³-hybridized carbons (Fsp3) is 0.190. The van der Waals surface area contributed by atoms with Gasteiger partial charge in [-0.3, -0.25) is 9.36 Å². The standard InChI is InChI=1S/C42H35N9O5/c1-53-30-10-5-25(6-11-30)24-56-35-14-8-27(21-33(35)42-54-18-19-55-42)41(52)47-34-13-7-26-20-29(9-12-31(26)34)51-39(32-4-2-15-45-38(32)44)49-37-28(23-43)22-36(48-40(37)51)50-17-3-16-46-50/h2-6,8-12,14-17,20-22,34,42H,7,13,18-19,24H2,1H3,(H2,44,45)(H,47,52)/t34-/m0/s1. The van der Waals surface area contributed by atoms with Gasteiger partial charge in [0.1, 0.15) is 35.5 Å². The number of aryl methyl sites for hydroxylation is 1. The molecule has 3 N–H and O–H groups in total. The lowest BCUT2D eigenvalue weighted by Crippen LogP contribution is -2.27. The molecule has 0 spiro atoms. The van der Waals surface area contributed by atoms with Crippen LogP contribution in [-0.2, 0) is 22.5 Å². The maximum atomic E-state index is 13.8. The van der Waals surface area contributed by atoms with Crippen LogP contribution in [0.2, 0.25) is 0 Å². The predicted octanol–water partition coefficient (Wildman–Crippen LogP) is 6.17. The molecule has 0 bridgehead atoms. The zero-order chi connectivity index (χ0) is 38.2. The summed E-state index contributed by atoms with van der Waals surface area (Å²) < 4.78 is 26.6. The van der Waals surface area contributed by atoms with Crippen molar-refractivity contribution >= 4 is 22.9 Å². The molecule has 2 aliphatic rings. The maximum absolute atomic E-state index is 13.8. The lowest BCUT2D eigenvalue weighted by molar-refractivity contribution is -0.0459. The van der Waals surface area contributed by atoms with E-state index in [2.05, 4.69) is 27.5 Å². The first kappa shape index (κ1) is 34.7. The lowest BCUT2D eigenvalue weighted by atomic mass is 10.1. The van der Waals surface area contributed by atoms with Crippen LogP contribution < -0.4 is 20.5 Å². The van der Waals surface area contributed by atoms with E-state index in [4.69, 9.17) is 34.6 Å². The molecule has 0 saturated carbocycles. The first-order valence-corrected chi connectivity index (χ1v) is 18.1. The van der Waals surface area contributed by atoms with Gasteiger partial charge < -0.3 is 30.0 Å². The van der Waals surface area contributed by atoms with Crippen molar-refractivity contribution in [3.8, 4) is 40.5 Å². The predicted molar refractivity (Wildman–Crippen MR) is 205 cm³/mol. The Morgan fingerprint density at radius 3 is 2.62 bits per heavy atom. The molecule has 1 amide bonds. The zero-order valence-corrected chi connectivity index (χ0v) is 30.3. The van der Waals surface area contributed by atoms with Crippen molar-refractivity contribution in [2.45, 2.75) is 31.8 Å². The number of ether oxygens (including phenoxy) is 4. The fourth-order valence-electron chi connectivity index (χ4n) is 7.23. The molecule has 0 radical (unpaired) electrons. The highest BCUT2D eigenvalue weighted by molar-refractivity contribution is 5.95. The third kappa shape index (κ3) is 6.44. The number of benzene rings is 3. The Kier molecular flexibility index (Phi) is 9.06. The number of carbonyl (C=O) groups excluding carboxylic acids is 1. The Hall–Kier alpha value is -7.08. The number of nitrogens with one attached hydrogen (secondary N) is 1. The number of pyridine rings is 2. The quantitative estimate of drug-likeness (QED) is 0.164. The average Bonchev–Trinajstić information content (AvgIpc) is 4.08. The number of nitrogen functional groups attached to an aromatic ring is 1. The zero-order valence-electron chi connectivity index (χ0n) is 30.3. The molecule has 56 heavy (non-hydrogen) atoms. The molecular weight excluding hydrogens is 711 g/mol. The van der Waals surface area contributed by atoms with Crippen molar-refractivity contribution in [2.24, 2.45) is 0 Å². The van der Waals surface area contributed by atoms with Crippen LogP contribution in [0, 0.1) is 11.3 Å².